The number of benzene rings is 2. The number of nitrogens with zero attached hydrogens (tertiary/aromatic N) is 3. The van der Waals surface area contributed by atoms with E-state index in [0.717, 1.165) is 23.6 Å². The summed E-state index contributed by atoms with van der Waals surface area (Å²) in [6.07, 6.45) is 3.19. The van der Waals surface area contributed by atoms with Gasteiger partial charge in [0.05, 0.1) is 12.4 Å². The van der Waals surface area contributed by atoms with Crippen LogP contribution in [0.4, 0.5) is 11.5 Å². The molecule has 1 amide bonds. The number of rotatable bonds is 6. The van der Waals surface area contributed by atoms with Gasteiger partial charge in [0, 0.05) is 18.3 Å². The molecule has 5 heteroatoms. The van der Waals surface area contributed by atoms with Gasteiger partial charge in [-0.25, -0.2) is 9.97 Å². The van der Waals surface area contributed by atoms with Gasteiger partial charge in [-0.15, -0.1) is 0 Å². The van der Waals surface area contributed by atoms with Crippen molar-refractivity contribution >= 4 is 17.4 Å². The molecule has 27 heavy (non-hydrogen) atoms. The van der Waals surface area contributed by atoms with Crippen molar-refractivity contribution in [2.24, 2.45) is 0 Å². The Balaban J connectivity index is 1.73. The van der Waals surface area contributed by atoms with Gasteiger partial charge in [0.25, 0.3) is 5.91 Å². The predicted octanol–water partition coefficient (Wildman–Crippen LogP) is 4.45. The van der Waals surface area contributed by atoms with Gasteiger partial charge in [-0.2, -0.15) is 0 Å². The van der Waals surface area contributed by atoms with E-state index >= 15 is 0 Å². The van der Waals surface area contributed by atoms with Gasteiger partial charge in [0.2, 0.25) is 0 Å². The second-order valence-corrected chi connectivity index (χ2v) is 6.79. The van der Waals surface area contributed by atoms with Gasteiger partial charge >= 0.3 is 0 Å². The van der Waals surface area contributed by atoms with Crippen molar-refractivity contribution in [3.63, 3.8) is 0 Å². The molecule has 1 heterocycles. The minimum atomic E-state index is -0.265. The van der Waals surface area contributed by atoms with Crippen molar-refractivity contribution in [3.8, 4) is 0 Å². The molecule has 0 atom stereocenters. The van der Waals surface area contributed by atoms with E-state index in [0.29, 0.717) is 5.69 Å². The Kier molecular flexibility index (Phi) is 5.81. The Morgan fingerprint density at radius 3 is 2.44 bits per heavy atom. The van der Waals surface area contributed by atoms with Crippen LogP contribution in [-0.2, 0) is 6.54 Å². The highest BCUT2D eigenvalue weighted by Gasteiger charge is 2.15. The third-order valence-corrected chi connectivity index (χ3v) is 4.26. The van der Waals surface area contributed by atoms with E-state index in [1.54, 1.807) is 6.20 Å². The van der Waals surface area contributed by atoms with Crippen molar-refractivity contribution in [3.05, 3.63) is 83.8 Å². The third kappa shape index (κ3) is 4.91. The standard InChI is InChI=1S/C22H24N4O/c1-16(2)26(15-18-9-5-4-6-10-18)21-14-23-20(13-24-21)22(27)25-19-11-7-8-17(3)12-19/h4-14,16H,15H2,1-3H3,(H,25,27). The topological polar surface area (TPSA) is 58.1 Å². The molecule has 0 radical (unpaired) electrons. The summed E-state index contributed by atoms with van der Waals surface area (Å²) in [5, 5.41) is 2.86. The quantitative estimate of drug-likeness (QED) is 0.705. The highest BCUT2D eigenvalue weighted by atomic mass is 16.1. The molecule has 138 valence electrons. The van der Waals surface area contributed by atoms with Crippen LogP contribution in [0, 0.1) is 6.92 Å². The van der Waals surface area contributed by atoms with Crippen LogP contribution in [0.3, 0.4) is 0 Å². The number of hydrogen-bond acceptors (Lipinski definition) is 4. The lowest BCUT2D eigenvalue weighted by Gasteiger charge is -2.27. The number of carbonyl (C=O) groups excluding carboxylic acids is 1. The largest absolute Gasteiger partial charge is 0.349 e. The lowest BCUT2D eigenvalue weighted by molar-refractivity contribution is 0.102. The molecule has 3 rings (SSSR count). The van der Waals surface area contributed by atoms with Crippen molar-refractivity contribution in [2.75, 3.05) is 10.2 Å². The molecule has 0 unspecified atom stereocenters. The molecule has 0 aliphatic rings. The van der Waals surface area contributed by atoms with Gasteiger partial charge < -0.3 is 10.2 Å². The first kappa shape index (κ1) is 18.6. The first-order valence-corrected chi connectivity index (χ1v) is 9.03. The van der Waals surface area contributed by atoms with Gasteiger partial charge in [-0.05, 0) is 44.0 Å². The number of carbonyl (C=O) groups is 1. The molecule has 1 N–H and O–H groups in total. The smallest absolute Gasteiger partial charge is 0.275 e. The maximum Gasteiger partial charge on any atom is 0.275 e. The Morgan fingerprint density at radius 1 is 1.04 bits per heavy atom. The molecule has 0 saturated carbocycles. The van der Waals surface area contributed by atoms with E-state index in [9.17, 15) is 4.79 Å². The fourth-order valence-electron chi connectivity index (χ4n) is 2.81. The van der Waals surface area contributed by atoms with Crippen molar-refractivity contribution < 1.29 is 4.79 Å². The number of amides is 1. The zero-order valence-corrected chi connectivity index (χ0v) is 15.9. The van der Waals surface area contributed by atoms with Gasteiger partial charge in [-0.1, -0.05) is 42.5 Å². The number of hydrogen-bond donors (Lipinski definition) is 1. The van der Waals surface area contributed by atoms with Crippen LogP contribution in [0.2, 0.25) is 0 Å². The van der Waals surface area contributed by atoms with E-state index in [1.807, 2.05) is 49.4 Å². The lowest BCUT2D eigenvalue weighted by Crippen LogP contribution is -2.31. The van der Waals surface area contributed by atoms with E-state index in [4.69, 9.17) is 0 Å². The summed E-state index contributed by atoms with van der Waals surface area (Å²) in [5.74, 6) is 0.486. The minimum Gasteiger partial charge on any atom is -0.349 e. The summed E-state index contributed by atoms with van der Waals surface area (Å²) in [5.41, 5.74) is 3.33. The number of aryl methyl sites for hydroxylation is 1. The summed E-state index contributed by atoms with van der Waals surface area (Å²) in [4.78, 5) is 23.4. The molecule has 2 aromatic carbocycles. The maximum atomic E-state index is 12.4. The van der Waals surface area contributed by atoms with Gasteiger partial charge in [-0.3, -0.25) is 4.79 Å². The zero-order valence-electron chi connectivity index (χ0n) is 15.9. The summed E-state index contributed by atoms with van der Waals surface area (Å²) >= 11 is 0. The normalized spacial score (nSPS) is 10.7. The van der Waals surface area contributed by atoms with E-state index < -0.39 is 0 Å². The summed E-state index contributed by atoms with van der Waals surface area (Å²) in [6, 6.07) is 18.2. The van der Waals surface area contributed by atoms with E-state index in [-0.39, 0.29) is 11.9 Å². The van der Waals surface area contributed by atoms with E-state index in [2.05, 4.69) is 46.2 Å². The van der Waals surface area contributed by atoms with Crippen molar-refractivity contribution in [1.82, 2.24) is 9.97 Å². The number of aromatic nitrogens is 2. The predicted molar refractivity (Wildman–Crippen MR) is 109 cm³/mol. The molecule has 0 aliphatic carbocycles. The molecule has 0 fully saturated rings. The first-order chi connectivity index (χ1) is 13.0. The maximum absolute atomic E-state index is 12.4. The van der Waals surface area contributed by atoms with Crippen LogP contribution in [0.5, 0.6) is 0 Å². The molecule has 0 aliphatic heterocycles. The average molecular weight is 360 g/mol. The molecule has 0 bridgehead atoms. The first-order valence-electron chi connectivity index (χ1n) is 9.03. The highest BCUT2D eigenvalue weighted by molar-refractivity contribution is 6.02. The van der Waals surface area contributed by atoms with Crippen LogP contribution in [0.1, 0.15) is 35.5 Å². The molecular weight excluding hydrogens is 336 g/mol. The molecule has 5 nitrogen and oxygen atoms in total. The van der Waals surface area contributed by atoms with Crippen LogP contribution in [0.25, 0.3) is 0 Å². The molecule has 0 spiro atoms. The second-order valence-electron chi connectivity index (χ2n) is 6.79. The van der Waals surface area contributed by atoms with Crippen molar-refractivity contribution in [1.29, 1.82) is 0 Å². The Morgan fingerprint density at radius 2 is 1.81 bits per heavy atom. The second kappa shape index (κ2) is 8.45. The van der Waals surface area contributed by atoms with Crippen LogP contribution in [-0.4, -0.2) is 21.9 Å². The van der Waals surface area contributed by atoms with Crippen LogP contribution in [0.15, 0.2) is 67.0 Å². The molecule has 3 aromatic rings. The monoisotopic (exact) mass is 360 g/mol. The van der Waals surface area contributed by atoms with Crippen molar-refractivity contribution in [2.45, 2.75) is 33.4 Å². The van der Waals surface area contributed by atoms with E-state index in [1.165, 1.54) is 11.8 Å². The highest BCUT2D eigenvalue weighted by Crippen LogP contribution is 2.17. The lowest BCUT2D eigenvalue weighted by atomic mass is 10.2. The Labute approximate surface area is 160 Å². The van der Waals surface area contributed by atoms with Crippen LogP contribution < -0.4 is 10.2 Å². The molecular formula is C22H24N4O. The minimum absolute atomic E-state index is 0.256. The molecule has 1 aromatic heterocycles. The number of anilines is 2. The SMILES string of the molecule is Cc1cccc(NC(=O)c2cnc(N(Cc3ccccc3)C(C)C)cn2)c1. The average Bonchev–Trinajstić information content (AvgIpc) is 2.67. The number of nitrogens with one attached hydrogen (secondary N) is 1. The fraction of sp³-hybridized carbons (Fsp3) is 0.227. The molecule has 0 saturated heterocycles. The fourth-order valence-corrected chi connectivity index (χ4v) is 2.81. The van der Waals surface area contributed by atoms with Gasteiger partial charge in [0.15, 0.2) is 0 Å². The van der Waals surface area contributed by atoms with Crippen LogP contribution >= 0.6 is 0 Å². The summed E-state index contributed by atoms with van der Waals surface area (Å²) in [6.45, 7) is 6.95. The Hall–Kier alpha value is -3.21. The summed E-state index contributed by atoms with van der Waals surface area (Å²) in [7, 11) is 0. The van der Waals surface area contributed by atoms with Gasteiger partial charge in [0.1, 0.15) is 11.5 Å². The Bertz CT molecular complexity index is 892. The summed E-state index contributed by atoms with van der Waals surface area (Å²) < 4.78 is 0. The zero-order chi connectivity index (χ0) is 19.2. The third-order valence-electron chi connectivity index (χ3n) is 4.26.